The van der Waals surface area contributed by atoms with E-state index in [1.807, 2.05) is 4.90 Å². The van der Waals surface area contributed by atoms with Crippen LogP contribution in [0.5, 0.6) is 0 Å². The van der Waals surface area contributed by atoms with Gasteiger partial charge in [0.15, 0.2) is 0 Å². The lowest BCUT2D eigenvalue weighted by atomic mass is 10.1. The minimum atomic E-state index is 0.0109. The third-order valence-corrected chi connectivity index (χ3v) is 3.67. The van der Waals surface area contributed by atoms with Crippen LogP contribution in [0.3, 0.4) is 0 Å². The van der Waals surface area contributed by atoms with Gasteiger partial charge in [-0.15, -0.1) is 0 Å². The van der Waals surface area contributed by atoms with E-state index >= 15 is 0 Å². The lowest BCUT2D eigenvalue weighted by Gasteiger charge is -2.31. The highest BCUT2D eigenvalue weighted by atomic mass is 16.2. The van der Waals surface area contributed by atoms with E-state index < -0.39 is 0 Å². The second kappa shape index (κ2) is 5.83. The number of nitrogens with zero attached hydrogens (tertiary/aromatic N) is 2. The molecule has 1 amide bonds. The second-order valence-electron chi connectivity index (χ2n) is 5.62. The fourth-order valence-corrected chi connectivity index (χ4v) is 2.20. The summed E-state index contributed by atoms with van der Waals surface area (Å²) < 4.78 is 0. The predicted octanol–water partition coefficient (Wildman–Crippen LogP) is 1.13. The van der Waals surface area contributed by atoms with Crippen LogP contribution in [0.15, 0.2) is 0 Å². The van der Waals surface area contributed by atoms with Gasteiger partial charge in [-0.1, -0.05) is 20.8 Å². The van der Waals surface area contributed by atoms with Crippen LogP contribution in [0.2, 0.25) is 0 Å². The summed E-state index contributed by atoms with van der Waals surface area (Å²) in [6, 6.07) is 0.398. The van der Waals surface area contributed by atoms with Crippen LogP contribution in [-0.4, -0.2) is 54.6 Å². The largest absolute Gasteiger partial charge is 0.324 e. The summed E-state index contributed by atoms with van der Waals surface area (Å²) in [5.41, 5.74) is 0. The van der Waals surface area contributed by atoms with Gasteiger partial charge in [0.25, 0.3) is 0 Å². The third-order valence-electron chi connectivity index (χ3n) is 3.67. The molecule has 0 aliphatic carbocycles. The summed E-state index contributed by atoms with van der Waals surface area (Å²) >= 11 is 0. The summed E-state index contributed by atoms with van der Waals surface area (Å²) in [6.07, 6.45) is 1.06. The van der Waals surface area contributed by atoms with Crippen molar-refractivity contribution >= 4 is 5.91 Å². The molecule has 3 unspecified atom stereocenters. The summed E-state index contributed by atoms with van der Waals surface area (Å²) in [5, 5.41) is 3.44. The van der Waals surface area contributed by atoms with Gasteiger partial charge < -0.3 is 9.80 Å². The first-order chi connectivity index (χ1) is 7.88. The SMILES string of the molecule is CCC1NC(C(C)C)N(CC(C)N(C)C)C1=O. The fraction of sp³-hybridized carbons (Fsp3) is 0.923. The van der Waals surface area contributed by atoms with E-state index in [9.17, 15) is 4.79 Å². The zero-order chi connectivity index (χ0) is 13.2. The highest BCUT2D eigenvalue weighted by Crippen LogP contribution is 2.19. The Bertz CT molecular complexity index is 265. The van der Waals surface area contributed by atoms with Crippen molar-refractivity contribution in [1.82, 2.24) is 15.1 Å². The minimum Gasteiger partial charge on any atom is -0.324 e. The molecular weight excluding hydrogens is 214 g/mol. The highest BCUT2D eigenvalue weighted by molar-refractivity contribution is 5.84. The van der Waals surface area contributed by atoms with E-state index in [2.05, 4.69) is 52.0 Å². The molecule has 0 aromatic heterocycles. The van der Waals surface area contributed by atoms with E-state index in [4.69, 9.17) is 0 Å². The number of carbonyl (C=O) groups is 1. The van der Waals surface area contributed by atoms with Gasteiger partial charge >= 0.3 is 0 Å². The van der Waals surface area contributed by atoms with Crippen LogP contribution >= 0.6 is 0 Å². The molecular formula is C13H27N3O. The molecule has 0 aromatic rings. The van der Waals surface area contributed by atoms with Crippen molar-refractivity contribution in [3.05, 3.63) is 0 Å². The maximum absolute atomic E-state index is 12.3. The number of likely N-dealkylation sites (N-methyl/N-ethyl adjacent to an activating group) is 1. The molecule has 0 aromatic carbocycles. The molecule has 1 rings (SSSR count). The third kappa shape index (κ3) is 3.19. The molecule has 100 valence electrons. The van der Waals surface area contributed by atoms with Crippen LogP contribution in [-0.2, 0) is 4.79 Å². The molecule has 1 heterocycles. The number of hydrogen-bond acceptors (Lipinski definition) is 3. The van der Waals surface area contributed by atoms with Crippen molar-refractivity contribution in [3.63, 3.8) is 0 Å². The van der Waals surface area contributed by atoms with Crippen LogP contribution in [0.1, 0.15) is 34.1 Å². The van der Waals surface area contributed by atoms with Crippen LogP contribution in [0, 0.1) is 5.92 Å². The maximum atomic E-state index is 12.3. The number of rotatable bonds is 5. The van der Waals surface area contributed by atoms with E-state index in [0.717, 1.165) is 13.0 Å². The monoisotopic (exact) mass is 241 g/mol. The van der Waals surface area contributed by atoms with Crippen LogP contribution in [0.4, 0.5) is 0 Å². The van der Waals surface area contributed by atoms with E-state index in [-0.39, 0.29) is 18.1 Å². The lowest BCUT2D eigenvalue weighted by Crippen LogP contribution is -2.47. The highest BCUT2D eigenvalue weighted by Gasteiger charge is 2.39. The number of carbonyl (C=O) groups excluding carboxylic acids is 1. The lowest BCUT2D eigenvalue weighted by molar-refractivity contribution is -0.131. The quantitative estimate of drug-likeness (QED) is 0.784. The topological polar surface area (TPSA) is 35.6 Å². The molecule has 1 N–H and O–H groups in total. The van der Waals surface area contributed by atoms with Gasteiger partial charge in [-0.05, 0) is 33.4 Å². The van der Waals surface area contributed by atoms with Crippen molar-refractivity contribution in [2.45, 2.75) is 52.4 Å². The predicted molar refractivity (Wildman–Crippen MR) is 70.7 cm³/mol. The van der Waals surface area contributed by atoms with Gasteiger partial charge in [-0.25, -0.2) is 0 Å². The Hall–Kier alpha value is -0.610. The van der Waals surface area contributed by atoms with Crippen molar-refractivity contribution in [2.24, 2.45) is 5.92 Å². The minimum absolute atomic E-state index is 0.0109. The molecule has 0 saturated carbocycles. The molecule has 1 aliphatic rings. The molecule has 0 radical (unpaired) electrons. The Morgan fingerprint density at radius 1 is 1.35 bits per heavy atom. The Morgan fingerprint density at radius 2 is 1.94 bits per heavy atom. The Labute approximate surface area is 105 Å². The van der Waals surface area contributed by atoms with Gasteiger partial charge in [0.1, 0.15) is 0 Å². The zero-order valence-corrected chi connectivity index (χ0v) is 12.0. The first-order valence-electron chi connectivity index (χ1n) is 6.61. The average molecular weight is 241 g/mol. The molecule has 1 aliphatic heterocycles. The number of nitrogens with one attached hydrogen (secondary N) is 1. The maximum Gasteiger partial charge on any atom is 0.241 e. The van der Waals surface area contributed by atoms with Gasteiger partial charge in [-0.3, -0.25) is 10.1 Å². The van der Waals surface area contributed by atoms with Gasteiger partial charge in [0.2, 0.25) is 5.91 Å². The smallest absolute Gasteiger partial charge is 0.241 e. The van der Waals surface area contributed by atoms with Crippen molar-refractivity contribution in [3.8, 4) is 0 Å². The van der Waals surface area contributed by atoms with Crippen LogP contribution < -0.4 is 5.32 Å². The van der Waals surface area contributed by atoms with Gasteiger partial charge in [0.05, 0.1) is 12.2 Å². The van der Waals surface area contributed by atoms with Crippen molar-refractivity contribution in [2.75, 3.05) is 20.6 Å². The molecule has 4 heteroatoms. The van der Waals surface area contributed by atoms with Crippen molar-refractivity contribution < 1.29 is 4.79 Å². The van der Waals surface area contributed by atoms with Gasteiger partial charge in [-0.2, -0.15) is 0 Å². The van der Waals surface area contributed by atoms with E-state index in [1.165, 1.54) is 0 Å². The van der Waals surface area contributed by atoms with Crippen molar-refractivity contribution in [1.29, 1.82) is 0 Å². The number of hydrogen-bond donors (Lipinski definition) is 1. The first kappa shape index (κ1) is 14.5. The average Bonchev–Trinajstić information content (AvgIpc) is 2.56. The van der Waals surface area contributed by atoms with E-state index in [0.29, 0.717) is 12.0 Å². The normalized spacial score (nSPS) is 27.3. The summed E-state index contributed by atoms with van der Waals surface area (Å²) in [4.78, 5) is 16.4. The van der Waals surface area contributed by atoms with Gasteiger partial charge in [0, 0.05) is 12.6 Å². The molecule has 0 spiro atoms. The number of amides is 1. The first-order valence-corrected chi connectivity index (χ1v) is 6.61. The Morgan fingerprint density at radius 3 is 2.35 bits per heavy atom. The standard InChI is InChI=1S/C13H27N3O/c1-7-11-13(17)16(8-10(4)15(5)6)12(14-11)9(2)3/h9-12,14H,7-8H2,1-6H3. The van der Waals surface area contributed by atoms with E-state index in [1.54, 1.807) is 0 Å². The molecule has 1 saturated heterocycles. The summed E-state index contributed by atoms with van der Waals surface area (Å²) in [5.74, 6) is 0.713. The Balaban J connectivity index is 2.75. The molecule has 17 heavy (non-hydrogen) atoms. The molecule has 4 nitrogen and oxygen atoms in total. The summed E-state index contributed by atoms with van der Waals surface area (Å²) in [7, 11) is 4.11. The van der Waals surface area contributed by atoms with Crippen LogP contribution in [0.25, 0.3) is 0 Å². The Kier molecular flexibility index (Phi) is 4.95. The molecule has 3 atom stereocenters. The molecule has 0 bridgehead atoms. The summed E-state index contributed by atoms with van der Waals surface area (Å²) in [6.45, 7) is 9.35. The molecule has 1 fully saturated rings. The zero-order valence-electron chi connectivity index (χ0n) is 12.0. The fourth-order valence-electron chi connectivity index (χ4n) is 2.20. The second-order valence-corrected chi connectivity index (χ2v) is 5.62.